The molecule has 0 atom stereocenters. The molecule has 0 saturated carbocycles. The largest absolute Gasteiger partial charge is 0.496 e. The number of ether oxygens (including phenoxy) is 1. The number of allylic oxidation sites excluding steroid dienone is 1. The van der Waals surface area contributed by atoms with E-state index >= 15 is 0 Å². The maximum absolute atomic E-state index is 12.3. The molecule has 0 saturated heterocycles. The van der Waals surface area contributed by atoms with E-state index in [-0.39, 0.29) is 17.1 Å². The summed E-state index contributed by atoms with van der Waals surface area (Å²) in [6.07, 6.45) is 1.65. The molecular formula is C18H14O3. The quantitative estimate of drug-likeness (QED) is 0.624. The highest BCUT2D eigenvalue weighted by molar-refractivity contribution is 6.41. The first-order chi connectivity index (χ1) is 10.1. The number of hydrogen-bond acceptors (Lipinski definition) is 3. The van der Waals surface area contributed by atoms with Crippen molar-refractivity contribution in [1.29, 1.82) is 0 Å². The SMILES string of the molecule is COc1ccc(C=C2C(=O)c3ccccc3C2=O)cc1C. The summed E-state index contributed by atoms with van der Waals surface area (Å²) in [6.45, 7) is 1.92. The molecule has 0 aliphatic heterocycles. The van der Waals surface area contributed by atoms with Gasteiger partial charge in [0.15, 0.2) is 11.6 Å². The van der Waals surface area contributed by atoms with Gasteiger partial charge < -0.3 is 4.74 Å². The van der Waals surface area contributed by atoms with E-state index in [0.29, 0.717) is 11.1 Å². The van der Waals surface area contributed by atoms with Gasteiger partial charge in [-0.25, -0.2) is 0 Å². The van der Waals surface area contributed by atoms with Crippen LogP contribution in [-0.4, -0.2) is 18.7 Å². The normalized spacial score (nSPS) is 13.3. The van der Waals surface area contributed by atoms with E-state index in [1.165, 1.54) is 0 Å². The Morgan fingerprint density at radius 3 is 2.10 bits per heavy atom. The predicted octanol–water partition coefficient (Wildman–Crippen LogP) is 3.47. The number of aryl methyl sites for hydroxylation is 1. The summed E-state index contributed by atoms with van der Waals surface area (Å²) in [6, 6.07) is 12.5. The Hall–Kier alpha value is -2.68. The highest BCUT2D eigenvalue weighted by Gasteiger charge is 2.32. The zero-order valence-electron chi connectivity index (χ0n) is 11.8. The Morgan fingerprint density at radius 2 is 1.57 bits per heavy atom. The number of Topliss-reactive ketones (excluding diaryl/α,β-unsaturated/α-hetero) is 2. The first kappa shape index (κ1) is 13.3. The van der Waals surface area contributed by atoms with Crippen molar-refractivity contribution in [3.05, 3.63) is 70.3 Å². The maximum atomic E-state index is 12.3. The average Bonchev–Trinajstić information content (AvgIpc) is 2.73. The standard InChI is InChI=1S/C18H14O3/c1-11-9-12(7-8-16(11)21-2)10-15-17(19)13-5-3-4-6-14(13)18(15)20/h3-10H,1-2H3. The molecule has 21 heavy (non-hydrogen) atoms. The van der Waals surface area contributed by atoms with Gasteiger partial charge in [0.1, 0.15) is 5.75 Å². The van der Waals surface area contributed by atoms with Crippen LogP contribution in [0.1, 0.15) is 31.8 Å². The van der Waals surface area contributed by atoms with Gasteiger partial charge in [-0.05, 0) is 36.3 Å². The first-order valence-electron chi connectivity index (χ1n) is 6.66. The van der Waals surface area contributed by atoms with Gasteiger partial charge in [0.25, 0.3) is 0 Å². The second kappa shape index (κ2) is 5.02. The second-order valence-corrected chi connectivity index (χ2v) is 4.99. The van der Waals surface area contributed by atoms with Crippen LogP contribution < -0.4 is 4.74 Å². The summed E-state index contributed by atoms with van der Waals surface area (Å²) < 4.78 is 5.21. The van der Waals surface area contributed by atoms with Crippen LogP contribution in [0, 0.1) is 6.92 Å². The molecule has 3 heteroatoms. The fourth-order valence-electron chi connectivity index (χ4n) is 2.56. The lowest BCUT2D eigenvalue weighted by atomic mass is 10.0. The minimum absolute atomic E-state index is 0.205. The first-order valence-corrected chi connectivity index (χ1v) is 6.66. The van der Waals surface area contributed by atoms with Gasteiger partial charge in [-0.2, -0.15) is 0 Å². The number of ketones is 2. The van der Waals surface area contributed by atoms with Gasteiger partial charge in [-0.1, -0.05) is 30.3 Å². The number of fused-ring (bicyclic) bond motifs is 1. The molecule has 0 radical (unpaired) electrons. The Balaban J connectivity index is 2.04. The third-order valence-corrected chi connectivity index (χ3v) is 3.64. The van der Waals surface area contributed by atoms with Crippen LogP contribution >= 0.6 is 0 Å². The number of benzene rings is 2. The fourth-order valence-corrected chi connectivity index (χ4v) is 2.56. The number of hydrogen-bond donors (Lipinski definition) is 0. The van der Waals surface area contributed by atoms with Gasteiger partial charge in [0.2, 0.25) is 0 Å². The molecule has 0 N–H and O–H groups in total. The zero-order chi connectivity index (χ0) is 15.0. The molecule has 2 aromatic rings. The minimum Gasteiger partial charge on any atom is -0.496 e. The molecule has 3 rings (SSSR count). The second-order valence-electron chi connectivity index (χ2n) is 4.99. The highest BCUT2D eigenvalue weighted by atomic mass is 16.5. The number of carbonyl (C=O) groups is 2. The van der Waals surface area contributed by atoms with E-state index in [1.54, 1.807) is 37.5 Å². The van der Waals surface area contributed by atoms with Crippen LogP contribution in [0.25, 0.3) is 6.08 Å². The van der Waals surface area contributed by atoms with Crippen molar-refractivity contribution < 1.29 is 14.3 Å². The van der Waals surface area contributed by atoms with Gasteiger partial charge in [-0.15, -0.1) is 0 Å². The Labute approximate surface area is 122 Å². The predicted molar refractivity (Wildman–Crippen MR) is 80.8 cm³/mol. The van der Waals surface area contributed by atoms with E-state index in [2.05, 4.69) is 0 Å². The van der Waals surface area contributed by atoms with Crippen molar-refractivity contribution in [2.45, 2.75) is 6.92 Å². The summed E-state index contributed by atoms with van der Waals surface area (Å²) in [5, 5.41) is 0. The van der Waals surface area contributed by atoms with Crippen LogP contribution in [0.5, 0.6) is 5.75 Å². The van der Waals surface area contributed by atoms with Crippen molar-refractivity contribution in [2.24, 2.45) is 0 Å². The van der Waals surface area contributed by atoms with E-state index in [0.717, 1.165) is 16.9 Å². The van der Waals surface area contributed by atoms with E-state index in [1.807, 2.05) is 25.1 Å². The third-order valence-electron chi connectivity index (χ3n) is 3.64. The summed E-state index contributed by atoms with van der Waals surface area (Å²) in [5.41, 5.74) is 2.97. The molecular weight excluding hydrogens is 264 g/mol. The van der Waals surface area contributed by atoms with Crippen molar-refractivity contribution >= 4 is 17.6 Å². The summed E-state index contributed by atoms with van der Waals surface area (Å²) in [5.74, 6) is 0.373. The highest BCUT2D eigenvalue weighted by Crippen LogP contribution is 2.28. The summed E-state index contributed by atoms with van der Waals surface area (Å²) in [7, 11) is 1.61. The minimum atomic E-state index is -0.205. The number of rotatable bonds is 2. The van der Waals surface area contributed by atoms with Gasteiger partial charge in [0.05, 0.1) is 12.7 Å². The maximum Gasteiger partial charge on any atom is 0.197 e. The third kappa shape index (κ3) is 2.17. The summed E-state index contributed by atoms with van der Waals surface area (Å²) in [4.78, 5) is 24.6. The topological polar surface area (TPSA) is 43.4 Å². The molecule has 2 aromatic carbocycles. The smallest absolute Gasteiger partial charge is 0.197 e. The van der Waals surface area contributed by atoms with Crippen molar-refractivity contribution in [3.63, 3.8) is 0 Å². The van der Waals surface area contributed by atoms with E-state index in [9.17, 15) is 9.59 Å². The Morgan fingerprint density at radius 1 is 0.952 bits per heavy atom. The molecule has 0 fully saturated rings. The van der Waals surface area contributed by atoms with Crippen LogP contribution in [0.2, 0.25) is 0 Å². The van der Waals surface area contributed by atoms with Crippen LogP contribution in [0.3, 0.4) is 0 Å². The lowest BCUT2D eigenvalue weighted by Gasteiger charge is -2.05. The molecule has 3 nitrogen and oxygen atoms in total. The Kier molecular flexibility index (Phi) is 3.18. The molecule has 0 spiro atoms. The molecule has 104 valence electrons. The lowest BCUT2D eigenvalue weighted by Crippen LogP contribution is -2.00. The molecule has 1 aliphatic rings. The van der Waals surface area contributed by atoms with Crippen molar-refractivity contribution in [1.82, 2.24) is 0 Å². The fraction of sp³-hybridized carbons (Fsp3) is 0.111. The number of carbonyl (C=O) groups excluding carboxylic acids is 2. The van der Waals surface area contributed by atoms with Gasteiger partial charge in [-0.3, -0.25) is 9.59 Å². The zero-order valence-corrected chi connectivity index (χ0v) is 11.8. The van der Waals surface area contributed by atoms with Gasteiger partial charge in [0, 0.05) is 11.1 Å². The molecule has 0 unspecified atom stereocenters. The van der Waals surface area contributed by atoms with Crippen LogP contribution in [0.15, 0.2) is 48.0 Å². The Bertz CT molecular complexity index is 748. The molecule has 0 amide bonds. The van der Waals surface area contributed by atoms with Crippen LogP contribution in [-0.2, 0) is 0 Å². The van der Waals surface area contributed by atoms with E-state index < -0.39 is 0 Å². The molecule has 1 aliphatic carbocycles. The molecule has 0 bridgehead atoms. The molecule has 0 heterocycles. The van der Waals surface area contributed by atoms with Crippen molar-refractivity contribution in [2.75, 3.05) is 7.11 Å². The summed E-state index contributed by atoms with van der Waals surface area (Å²) >= 11 is 0. The average molecular weight is 278 g/mol. The van der Waals surface area contributed by atoms with Crippen LogP contribution in [0.4, 0.5) is 0 Å². The van der Waals surface area contributed by atoms with Gasteiger partial charge >= 0.3 is 0 Å². The van der Waals surface area contributed by atoms with E-state index in [4.69, 9.17) is 4.74 Å². The monoisotopic (exact) mass is 278 g/mol. The number of methoxy groups -OCH3 is 1. The van der Waals surface area contributed by atoms with Crippen molar-refractivity contribution in [3.8, 4) is 5.75 Å². The lowest BCUT2D eigenvalue weighted by molar-refractivity contribution is 0.0990. The molecule has 0 aromatic heterocycles.